The maximum Gasteiger partial charge on any atom is 0.323 e. The van der Waals surface area contributed by atoms with Crippen LogP contribution in [0.15, 0.2) is 36.4 Å². The van der Waals surface area contributed by atoms with E-state index in [4.69, 9.17) is 20.9 Å². The molecule has 0 heterocycles. The van der Waals surface area contributed by atoms with Gasteiger partial charge in [-0.3, -0.25) is 9.59 Å². The Labute approximate surface area is 235 Å². The van der Waals surface area contributed by atoms with Crippen molar-refractivity contribution in [2.24, 2.45) is 11.5 Å². The highest BCUT2D eigenvalue weighted by atomic mass is 16.5. The van der Waals surface area contributed by atoms with Crippen molar-refractivity contribution in [1.29, 1.82) is 0 Å². The molecule has 0 saturated carbocycles. The molecule has 2 aromatic rings. The average molecular weight is 561 g/mol. The zero-order chi connectivity index (χ0) is 29.3. The number of hydrogen-bond donors (Lipinski definition) is 6. The first-order valence-corrected chi connectivity index (χ1v) is 14.0. The molecule has 8 N–H and O–H groups in total. The van der Waals surface area contributed by atoms with E-state index in [1.54, 1.807) is 12.1 Å². The minimum atomic E-state index is -0.818. The Kier molecular flexibility index (Phi) is 14.7. The van der Waals surface area contributed by atoms with Gasteiger partial charge >= 0.3 is 11.9 Å². The number of esters is 2. The van der Waals surface area contributed by atoms with Crippen molar-refractivity contribution in [2.75, 3.05) is 13.2 Å². The minimum Gasteiger partial charge on any atom is -0.504 e. The number of phenolic OH excluding ortho intramolecular Hbond substituents is 4. The fourth-order valence-corrected chi connectivity index (χ4v) is 4.24. The van der Waals surface area contributed by atoms with Gasteiger partial charge in [0.15, 0.2) is 23.0 Å². The maximum absolute atomic E-state index is 12.0. The summed E-state index contributed by atoms with van der Waals surface area (Å²) in [5, 5.41) is 37.8. The third kappa shape index (κ3) is 12.6. The normalized spacial score (nSPS) is 12.6. The average Bonchev–Trinajstić information content (AvgIpc) is 2.92. The first kappa shape index (κ1) is 32.7. The summed E-state index contributed by atoms with van der Waals surface area (Å²) in [6.07, 6.45) is 10.7. The molecule has 0 aliphatic rings. The molecule has 0 fully saturated rings. The molecule has 0 bridgehead atoms. The molecular formula is C30H44N2O8. The van der Waals surface area contributed by atoms with Crippen LogP contribution >= 0.6 is 0 Å². The quantitative estimate of drug-likeness (QED) is 0.0835. The molecule has 0 aliphatic carbocycles. The summed E-state index contributed by atoms with van der Waals surface area (Å²) >= 11 is 0. The second kappa shape index (κ2) is 18.0. The van der Waals surface area contributed by atoms with Crippen LogP contribution in [-0.2, 0) is 31.9 Å². The van der Waals surface area contributed by atoms with Crippen molar-refractivity contribution in [3.8, 4) is 23.0 Å². The van der Waals surface area contributed by atoms with Gasteiger partial charge in [-0.25, -0.2) is 0 Å². The fourth-order valence-electron chi connectivity index (χ4n) is 4.24. The maximum atomic E-state index is 12.0. The van der Waals surface area contributed by atoms with Crippen LogP contribution in [0.5, 0.6) is 23.0 Å². The van der Waals surface area contributed by atoms with E-state index in [-0.39, 0.29) is 35.8 Å². The van der Waals surface area contributed by atoms with Crippen LogP contribution in [0.25, 0.3) is 0 Å². The van der Waals surface area contributed by atoms with E-state index in [1.165, 1.54) is 24.3 Å². The Balaban J connectivity index is 1.38. The van der Waals surface area contributed by atoms with E-state index in [1.807, 2.05) is 0 Å². The van der Waals surface area contributed by atoms with Crippen LogP contribution in [0, 0.1) is 0 Å². The van der Waals surface area contributed by atoms with Gasteiger partial charge in [0.2, 0.25) is 0 Å². The van der Waals surface area contributed by atoms with E-state index in [2.05, 4.69) is 0 Å². The SMILES string of the molecule is NC(Cc1ccc(O)c(O)c1)C(=O)OCCCCCCCCCCCCOC(=O)[C@@H](N)Cc1ccc(O)c(O)c1. The Bertz CT molecular complexity index is 978. The van der Waals surface area contributed by atoms with Gasteiger partial charge in [0.1, 0.15) is 12.1 Å². The van der Waals surface area contributed by atoms with Crippen molar-refractivity contribution in [3.63, 3.8) is 0 Å². The molecule has 1 unspecified atom stereocenters. The predicted molar refractivity (Wildman–Crippen MR) is 151 cm³/mol. The van der Waals surface area contributed by atoms with Crippen molar-refractivity contribution in [1.82, 2.24) is 0 Å². The van der Waals surface area contributed by atoms with Crippen LogP contribution in [0.2, 0.25) is 0 Å². The second-order valence-corrected chi connectivity index (χ2v) is 10.1. The molecule has 2 atom stereocenters. The van der Waals surface area contributed by atoms with Crippen molar-refractivity contribution < 1.29 is 39.5 Å². The van der Waals surface area contributed by atoms with Gasteiger partial charge < -0.3 is 41.4 Å². The highest BCUT2D eigenvalue weighted by Crippen LogP contribution is 2.26. The van der Waals surface area contributed by atoms with E-state index in [0.717, 1.165) is 64.2 Å². The summed E-state index contributed by atoms with van der Waals surface area (Å²) in [4.78, 5) is 24.1. The number of benzene rings is 2. The number of unbranched alkanes of at least 4 members (excludes halogenated alkanes) is 9. The van der Waals surface area contributed by atoms with Crippen LogP contribution in [0.1, 0.15) is 75.3 Å². The lowest BCUT2D eigenvalue weighted by Gasteiger charge is -2.12. The van der Waals surface area contributed by atoms with E-state index < -0.39 is 24.0 Å². The topological polar surface area (TPSA) is 186 Å². The summed E-state index contributed by atoms with van der Waals surface area (Å²) < 4.78 is 10.5. The molecule has 10 heteroatoms. The van der Waals surface area contributed by atoms with Gasteiger partial charge in [-0.15, -0.1) is 0 Å². The zero-order valence-electron chi connectivity index (χ0n) is 23.1. The number of carbonyl (C=O) groups is 2. The number of aromatic hydroxyl groups is 4. The summed E-state index contributed by atoms with van der Waals surface area (Å²) in [5.41, 5.74) is 13.1. The smallest absolute Gasteiger partial charge is 0.323 e. The monoisotopic (exact) mass is 560 g/mol. The molecule has 0 radical (unpaired) electrons. The van der Waals surface area contributed by atoms with Gasteiger partial charge in [-0.05, 0) is 61.1 Å². The lowest BCUT2D eigenvalue weighted by atomic mass is 10.1. The third-order valence-corrected chi connectivity index (χ3v) is 6.62. The first-order chi connectivity index (χ1) is 19.2. The number of rotatable bonds is 19. The number of nitrogens with two attached hydrogens (primary N) is 2. The molecule has 40 heavy (non-hydrogen) atoms. The summed E-state index contributed by atoms with van der Waals surface area (Å²) in [5.74, 6) is -1.87. The highest BCUT2D eigenvalue weighted by Gasteiger charge is 2.17. The van der Waals surface area contributed by atoms with Crippen LogP contribution in [-0.4, -0.2) is 57.7 Å². The van der Waals surface area contributed by atoms with E-state index in [9.17, 15) is 30.0 Å². The lowest BCUT2D eigenvalue weighted by molar-refractivity contribution is -0.146. The van der Waals surface area contributed by atoms with Gasteiger partial charge in [0, 0.05) is 0 Å². The van der Waals surface area contributed by atoms with Crippen molar-refractivity contribution in [2.45, 2.75) is 89.1 Å². The molecule has 0 aliphatic heterocycles. The molecule has 0 spiro atoms. The predicted octanol–water partition coefficient (Wildman–Crippen LogP) is 3.94. The largest absolute Gasteiger partial charge is 0.504 e. The summed E-state index contributed by atoms with van der Waals surface area (Å²) in [6, 6.07) is 7.06. The van der Waals surface area contributed by atoms with Crippen molar-refractivity contribution in [3.05, 3.63) is 47.5 Å². The zero-order valence-corrected chi connectivity index (χ0v) is 23.1. The summed E-state index contributed by atoms with van der Waals surface area (Å²) in [6.45, 7) is 0.673. The molecule has 0 saturated heterocycles. The minimum absolute atomic E-state index is 0.217. The number of hydrogen-bond acceptors (Lipinski definition) is 10. The number of phenols is 4. The Morgan fingerprint density at radius 3 is 1.20 bits per heavy atom. The molecule has 2 aromatic carbocycles. The molecule has 0 aromatic heterocycles. The van der Waals surface area contributed by atoms with Gasteiger partial charge in [-0.1, -0.05) is 63.5 Å². The molecule has 2 rings (SSSR count). The van der Waals surface area contributed by atoms with Gasteiger partial charge in [0.25, 0.3) is 0 Å². The standard InChI is InChI=1S/C30H44N2O8/c31-23(17-21-11-13-25(33)27(35)19-21)29(37)39-15-9-7-5-3-1-2-4-6-8-10-16-40-30(38)24(32)18-22-12-14-26(34)28(36)20-22/h11-14,19-20,23-24,33-36H,1-10,15-18,31-32H2/t23-,24?/m0/s1. The third-order valence-electron chi connectivity index (χ3n) is 6.62. The molecule has 10 nitrogen and oxygen atoms in total. The number of carbonyl (C=O) groups excluding carboxylic acids is 2. The Hall–Kier alpha value is -3.50. The van der Waals surface area contributed by atoms with Crippen LogP contribution in [0.4, 0.5) is 0 Å². The first-order valence-electron chi connectivity index (χ1n) is 14.0. The van der Waals surface area contributed by atoms with Crippen LogP contribution in [0.3, 0.4) is 0 Å². The molecular weight excluding hydrogens is 516 g/mol. The van der Waals surface area contributed by atoms with E-state index >= 15 is 0 Å². The van der Waals surface area contributed by atoms with Crippen LogP contribution < -0.4 is 11.5 Å². The summed E-state index contributed by atoms with van der Waals surface area (Å²) in [7, 11) is 0. The fraction of sp³-hybridized carbons (Fsp3) is 0.533. The Morgan fingerprint density at radius 2 is 0.875 bits per heavy atom. The number of ether oxygens (including phenoxy) is 2. The molecule has 0 amide bonds. The van der Waals surface area contributed by atoms with Gasteiger partial charge in [0.05, 0.1) is 13.2 Å². The Morgan fingerprint density at radius 1 is 0.550 bits per heavy atom. The lowest BCUT2D eigenvalue weighted by Crippen LogP contribution is -2.34. The van der Waals surface area contributed by atoms with E-state index in [0.29, 0.717) is 24.3 Å². The van der Waals surface area contributed by atoms with Crippen molar-refractivity contribution >= 4 is 11.9 Å². The second-order valence-electron chi connectivity index (χ2n) is 10.1. The van der Waals surface area contributed by atoms with Gasteiger partial charge in [-0.2, -0.15) is 0 Å². The highest BCUT2D eigenvalue weighted by molar-refractivity contribution is 5.76. The molecule has 222 valence electrons.